The number of nitrogens with one attached hydrogen (secondary N) is 1. The smallest absolute Gasteiger partial charge is 0.328 e. The maximum absolute atomic E-state index is 13.1. The van der Waals surface area contributed by atoms with E-state index in [4.69, 9.17) is 4.74 Å². The first-order chi connectivity index (χ1) is 11.3. The number of esters is 1. The molecule has 1 saturated heterocycles. The van der Waals surface area contributed by atoms with Crippen LogP contribution in [0.1, 0.15) is 45.2 Å². The van der Waals surface area contributed by atoms with E-state index in [1.807, 2.05) is 37.3 Å². The summed E-state index contributed by atoms with van der Waals surface area (Å²) in [6.07, 6.45) is 0.829. The molecule has 1 aromatic rings. The molecule has 130 valence electrons. The minimum Gasteiger partial charge on any atom is -0.467 e. The van der Waals surface area contributed by atoms with E-state index in [-0.39, 0.29) is 17.9 Å². The second-order valence-electron chi connectivity index (χ2n) is 6.39. The Morgan fingerprint density at radius 3 is 2.50 bits per heavy atom. The number of piperidine rings is 1. The van der Waals surface area contributed by atoms with Crippen LogP contribution < -0.4 is 5.32 Å². The van der Waals surface area contributed by atoms with Crippen molar-refractivity contribution in [2.24, 2.45) is 0 Å². The fourth-order valence-corrected chi connectivity index (χ4v) is 3.31. The van der Waals surface area contributed by atoms with E-state index in [1.54, 1.807) is 11.8 Å². The largest absolute Gasteiger partial charge is 0.467 e. The van der Waals surface area contributed by atoms with E-state index in [9.17, 15) is 14.4 Å². The van der Waals surface area contributed by atoms with Crippen LogP contribution >= 0.6 is 0 Å². The highest BCUT2D eigenvalue weighted by atomic mass is 16.5. The number of nitrogens with zero attached hydrogens (tertiary/aromatic N) is 1. The number of carbonyl (C=O) groups is 3. The first kappa shape index (κ1) is 18.0. The number of hydrogen-bond donors (Lipinski definition) is 1. The van der Waals surface area contributed by atoms with E-state index in [1.165, 1.54) is 14.0 Å². The zero-order valence-electron chi connectivity index (χ0n) is 14.5. The highest BCUT2D eigenvalue weighted by Crippen LogP contribution is 2.34. The predicted molar refractivity (Wildman–Crippen MR) is 89.0 cm³/mol. The number of methoxy groups -OCH3 is 1. The molecule has 1 fully saturated rings. The molecule has 6 nitrogen and oxygen atoms in total. The van der Waals surface area contributed by atoms with Crippen LogP contribution in [0.15, 0.2) is 30.3 Å². The van der Waals surface area contributed by atoms with E-state index in [0.717, 1.165) is 5.56 Å². The third kappa shape index (κ3) is 3.42. The van der Waals surface area contributed by atoms with Crippen molar-refractivity contribution in [2.45, 2.75) is 51.2 Å². The molecule has 2 rings (SSSR count). The van der Waals surface area contributed by atoms with Crippen molar-refractivity contribution in [3.05, 3.63) is 35.9 Å². The van der Waals surface area contributed by atoms with Gasteiger partial charge in [-0.1, -0.05) is 30.3 Å². The van der Waals surface area contributed by atoms with Gasteiger partial charge in [0, 0.05) is 6.92 Å². The Morgan fingerprint density at radius 1 is 1.33 bits per heavy atom. The second kappa shape index (κ2) is 7.03. The molecule has 24 heavy (non-hydrogen) atoms. The van der Waals surface area contributed by atoms with Crippen molar-refractivity contribution in [3.8, 4) is 0 Å². The third-order valence-corrected chi connectivity index (χ3v) is 4.58. The van der Waals surface area contributed by atoms with E-state index in [2.05, 4.69) is 5.32 Å². The lowest BCUT2D eigenvalue weighted by molar-refractivity contribution is -0.163. The molecule has 6 heteroatoms. The van der Waals surface area contributed by atoms with E-state index < -0.39 is 17.6 Å². The Morgan fingerprint density at radius 2 is 1.96 bits per heavy atom. The van der Waals surface area contributed by atoms with E-state index in [0.29, 0.717) is 12.8 Å². The summed E-state index contributed by atoms with van der Waals surface area (Å²) in [5, 5.41) is 2.74. The highest BCUT2D eigenvalue weighted by molar-refractivity contribution is 5.95. The van der Waals surface area contributed by atoms with Gasteiger partial charge in [0.05, 0.1) is 13.2 Å². The van der Waals surface area contributed by atoms with Crippen molar-refractivity contribution in [1.29, 1.82) is 0 Å². The molecule has 0 unspecified atom stereocenters. The van der Waals surface area contributed by atoms with Crippen LogP contribution in [0, 0.1) is 0 Å². The summed E-state index contributed by atoms with van der Waals surface area (Å²) in [5.74, 6) is -0.971. The van der Waals surface area contributed by atoms with Crippen molar-refractivity contribution in [1.82, 2.24) is 10.2 Å². The van der Waals surface area contributed by atoms with Crippen LogP contribution in [0.5, 0.6) is 0 Å². The van der Waals surface area contributed by atoms with Gasteiger partial charge in [-0.3, -0.25) is 9.59 Å². The molecule has 0 saturated carbocycles. The molecular formula is C18H24N2O4. The normalized spacial score (nSPS) is 25.1. The Bertz CT molecular complexity index is 631. The molecule has 1 N–H and O–H groups in total. The fraction of sp³-hybridized carbons (Fsp3) is 0.500. The molecule has 3 atom stereocenters. The summed E-state index contributed by atoms with van der Waals surface area (Å²) < 4.78 is 4.88. The van der Waals surface area contributed by atoms with Crippen molar-refractivity contribution < 1.29 is 19.1 Å². The minimum absolute atomic E-state index is 0.268. The number of rotatable bonds is 4. The monoisotopic (exact) mass is 332 g/mol. The van der Waals surface area contributed by atoms with Gasteiger partial charge in [0.15, 0.2) is 0 Å². The highest BCUT2D eigenvalue weighted by Gasteiger charge is 2.48. The number of hydrogen-bond acceptors (Lipinski definition) is 4. The summed E-state index contributed by atoms with van der Waals surface area (Å²) in [7, 11) is 1.32. The van der Waals surface area contributed by atoms with Crippen LogP contribution in [0.25, 0.3) is 0 Å². The second-order valence-corrected chi connectivity index (χ2v) is 6.39. The average molecular weight is 332 g/mol. The molecule has 1 aliphatic rings. The van der Waals surface area contributed by atoms with Gasteiger partial charge in [-0.2, -0.15) is 0 Å². The first-order valence-corrected chi connectivity index (χ1v) is 8.04. The molecule has 1 aromatic carbocycles. The summed E-state index contributed by atoms with van der Waals surface area (Å²) in [6, 6.07) is 8.54. The number of carbonyl (C=O) groups excluding carboxylic acids is 3. The fourth-order valence-electron chi connectivity index (χ4n) is 3.31. The zero-order chi connectivity index (χ0) is 17.9. The zero-order valence-corrected chi connectivity index (χ0v) is 14.5. The van der Waals surface area contributed by atoms with Gasteiger partial charge < -0.3 is 15.0 Å². The van der Waals surface area contributed by atoms with Crippen molar-refractivity contribution in [2.75, 3.05) is 7.11 Å². The molecular weight excluding hydrogens is 308 g/mol. The van der Waals surface area contributed by atoms with Gasteiger partial charge in [-0.25, -0.2) is 4.79 Å². The van der Waals surface area contributed by atoms with Crippen LogP contribution in [-0.2, 0) is 19.1 Å². The Kier molecular flexibility index (Phi) is 5.26. The van der Waals surface area contributed by atoms with Gasteiger partial charge in [-0.15, -0.1) is 0 Å². The molecule has 2 amide bonds. The quantitative estimate of drug-likeness (QED) is 0.853. The molecule has 0 aromatic heterocycles. The van der Waals surface area contributed by atoms with Crippen LogP contribution in [0.3, 0.4) is 0 Å². The van der Waals surface area contributed by atoms with Crippen molar-refractivity contribution >= 4 is 17.8 Å². The average Bonchev–Trinajstić information content (AvgIpc) is 2.56. The Labute approximate surface area is 142 Å². The Hall–Kier alpha value is -2.37. The summed E-state index contributed by atoms with van der Waals surface area (Å²) in [5.41, 5.74) is -0.0915. The predicted octanol–water partition coefficient (Wildman–Crippen LogP) is 1.81. The van der Waals surface area contributed by atoms with Crippen LogP contribution in [-0.4, -0.2) is 41.4 Å². The Balaban J connectivity index is 2.40. The van der Waals surface area contributed by atoms with Gasteiger partial charge in [0.1, 0.15) is 11.6 Å². The molecule has 1 aliphatic heterocycles. The maximum atomic E-state index is 13.1. The number of likely N-dealkylation sites (tertiary alicyclic amines) is 1. The topological polar surface area (TPSA) is 75.7 Å². The molecule has 1 heterocycles. The molecule has 0 radical (unpaired) electrons. The van der Waals surface area contributed by atoms with Gasteiger partial charge in [0.25, 0.3) is 0 Å². The summed E-state index contributed by atoms with van der Waals surface area (Å²) in [6.45, 7) is 4.97. The molecule has 0 spiro atoms. The van der Waals surface area contributed by atoms with E-state index >= 15 is 0 Å². The number of amides is 2. The molecule has 0 aliphatic carbocycles. The van der Waals surface area contributed by atoms with Crippen LogP contribution in [0.4, 0.5) is 0 Å². The standard InChI is InChI=1S/C18H24N2O4/c1-12(14-8-6-5-7-9-14)20-15(16(22)24-4)10-11-18(3,17(20)23)19-13(2)21/h5-9,12,15H,10-11H2,1-4H3,(H,19,21)/t12-,15+,18+/m1/s1. The van der Waals surface area contributed by atoms with Gasteiger partial charge in [0.2, 0.25) is 11.8 Å². The van der Waals surface area contributed by atoms with Crippen molar-refractivity contribution in [3.63, 3.8) is 0 Å². The summed E-state index contributed by atoms with van der Waals surface area (Å²) in [4.78, 5) is 38.4. The third-order valence-electron chi connectivity index (χ3n) is 4.58. The number of ether oxygens (including phenoxy) is 1. The maximum Gasteiger partial charge on any atom is 0.328 e. The lowest BCUT2D eigenvalue weighted by Gasteiger charge is -2.46. The SMILES string of the molecule is COC(=O)[C@@H]1CC[C@](C)(NC(C)=O)C(=O)N1[C@H](C)c1ccccc1. The minimum atomic E-state index is -1.01. The lowest BCUT2D eigenvalue weighted by atomic mass is 9.84. The summed E-state index contributed by atoms with van der Waals surface area (Å²) >= 11 is 0. The van der Waals surface area contributed by atoms with Gasteiger partial charge >= 0.3 is 5.97 Å². The molecule has 0 bridgehead atoms. The van der Waals surface area contributed by atoms with Crippen LogP contribution in [0.2, 0.25) is 0 Å². The number of benzene rings is 1. The lowest BCUT2D eigenvalue weighted by Crippen LogP contribution is -2.65. The van der Waals surface area contributed by atoms with Gasteiger partial charge in [-0.05, 0) is 32.3 Å². The first-order valence-electron chi connectivity index (χ1n) is 8.04.